The van der Waals surface area contributed by atoms with E-state index in [4.69, 9.17) is 0 Å². The smallest absolute Gasteiger partial charge is 0.219 e. The van der Waals surface area contributed by atoms with Crippen LogP contribution in [-0.4, -0.2) is 51.3 Å². The minimum atomic E-state index is 0.493. The SMILES string of the molecule is CN(C)B(B(C1C=CC=C1)N(C)C)C1C=CC=C1. The minimum absolute atomic E-state index is 0.493. The monoisotopic (exact) mass is 240 g/mol. The molecule has 0 N–H and O–H groups in total. The maximum absolute atomic E-state index is 2.36. The first-order valence-corrected chi connectivity index (χ1v) is 6.64. The normalized spacial score (nSPS) is 18.8. The van der Waals surface area contributed by atoms with Crippen LogP contribution >= 0.6 is 0 Å². The average Bonchev–Trinajstić information content (AvgIpc) is 2.97. The molecular formula is C14H22B2N2. The van der Waals surface area contributed by atoms with Gasteiger partial charge in [0, 0.05) is 0 Å². The highest BCUT2D eigenvalue weighted by molar-refractivity contribution is 7.21. The number of hydrogen-bond acceptors (Lipinski definition) is 2. The maximum Gasteiger partial charge on any atom is 0.219 e. The van der Waals surface area contributed by atoms with E-state index in [1.807, 2.05) is 0 Å². The Hall–Kier alpha value is -0.990. The zero-order valence-corrected chi connectivity index (χ0v) is 11.8. The van der Waals surface area contributed by atoms with Crippen molar-refractivity contribution < 1.29 is 0 Å². The zero-order valence-electron chi connectivity index (χ0n) is 11.8. The first-order valence-electron chi connectivity index (χ1n) is 6.64. The third kappa shape index (κ3) is 2.70. The number of hydrogen-bond donors (Lipinski definition) is 0. The highest BCUT2D eigenvalue weighted by atomic mass is 15.0. The van der Waals surface area contributed by atoms with Gasteiger partial charge in [-0.3, -0.25) is 0 Å². The summed E-state index contributed by atoms with van der Waals surface area (Å²) in [5.41, 5.74) is 0. The maximum atomic E-state index is 2.36. The predicted octanol–water partition coefficient (Wildman–Crippen LogP) is 2.16. The Labute approximate surface area is 112 Å². The molecular weight excluding hydrogens is 218 g/mol. The molecule has 0 fully saturated rings. The zero-order chi connectivity index (χ0) is 13.1. The number of allylic oxidation sites excluding steroid dienone is 8. The first kappa shape index (κ1) is 13.4. The molecule has 0 saturated heterocycles. The predicted molar refractivity (Wildman–Crippen MR) is 82.9 cm³/mol. The van der Waals surface area contributed by atoms with Crippen molar-refractivity contribution >= 4 is 13.5 Å². The molecule has 0 spiro atoms. The molecule has 0 radical (unpaired) electrons. The van der Waals surface area contributed by atoms with Crippen molar-refractivity contribution in [1.29, 1.82) is 0 Å². The van der Waals surface area contributed by atoms with E-state index in [-0.39, 0.29) is 0 Å². The fourth-order valence-electron chi connectivity index (χ4n) is 3.11. The molecule has 0 saturated carbocycles. The van der Waals surface area contributed by atoms with Crippen molar-refractivity contribution in [2.75, 3.05) is 28.2 Å². The standard InChI is InChI=1S/C14H22B2N2/c1-17(2)15(13-9-5-6-10-13)16(18(3)4)14-11-7-8-12-14/h5-14H,1-4H3. The van der Waals surface area contributed by atoms with Crippen molar-refractivity contribution in [2.45, 2.75) is 11.6 Å². The van der Waals surface area contributed by atoms with Gasteiger partial charge in [0.25, 0.3) is 0 Å². The quantitative estimate of drug-likeness (QED) is 0.679. The van der Waals surface area contributed by atoms with Crippen LogP contribution in [0.4, 0.5) is 0 Å². The Morgan fingerprint density at radius 1 is 0.611 bits per heavy atom. The van der Waals surface area contributed by atoms with Crippen LogP contribution < -0.4 is 0 Å². The molecule has 0 heterocycles. The van der Waals surface area contributed by atoms with Crippen LogP contribution in [0.5, 0.6) is 0 Å². The van der Waals surface area contributed by atoms with Gasteiger partial charge in [-0.25, -0.2) is 0 Å². The molecule has 0 unspecified atom stereocenters. The molecule has 0 aromatic carbocycles. The highest BCUT2D eigenvalue weighted by Crippen LogP contribution is 2.30. The van der Waals surface area contributed by atoms with Crippen LogP contribution in [0.25, 0.3) is 0 Å². The molecule has 18 heavy (non-hydrogen) atoms. The van der Waals surface area contributed by atoms with E-state index in [0.717, 1.165) is 0 Å². The van der Waals surface area contributed by atoms with Crippen LogP contribution in [-0.2, 0) is 0 Å². The molecule has 2 nitrogen and oxygen atoms in total. The van der Waals surface area contributed by atoms with Gasteiger partial charge in [-0.1, -0.05) is 48.6 Å². The second-order valence-electron chi connectivity index (χ2n) is 5.60. The van der Waals surface area contributed by atoms with E-state index in [1.165, 1.54) is 0 Å². The Morgan fingerprint density at radius 3 is 1.11 bits per heavy atom. The van der Waals surface area contributed by atoms with Crippen molar-refractivity contribution in [2.24, 2.45) is 0 Å². The van der Waals surface area contributed by atoms with Gasteiger partial charge in [0.05, 0.1) is 0 Å². The van der Waals surface area contributed by atoms with E-state index < -0.39 is 0 Å². The van der Waals surface area contributed by atoms with E-state index in [2.05, 4.69) is 86.4 Å². The molecule has 2 aliphatic rings. The molecule has 0 aliphatic heterocycles. The van der Waals surface area contributed by atoms with Crippen LogP contribution in [0.1, 0.15) is 0 Å². The summed E-state index contributed by atoms with van der Waals surface area (Å²) in [5, 5.41) is 0. The summed E-state index contributed by atoms with van der Waals surface area (Å²) >= 11 is 0. The Morgan fingerprint density at radius 2 is 0.889 bits per heavy atom. The van der Waals surface area contributed by atoms with E-state index in [9.17, 15) is 0 Å². The highest BCUT2D eigenvalue weighted by Gasteiger charge is 2.42. The fraction of sp³-hybridized carbons (Fsp3) is 0.429. The van der Waals surface area contributed by atoms with Crippen LogP contribution in [0.2, 0.25) is 11.6 Å². The Bertz CT molecular complexity index is 335. The lowest BCUT2D eigenvalue weighted by molar-refractivity contribution is 0.612. The molecule has 0 aromatic heterocycles. The van der Waals surface area contributed by atoms with Crippen molar-refractivity contribution in [3.05, 3.63) is 48.6 Å². The van der Waals surface area contributed by atoms with Gasteiger partial charge in [-0.05, 0) is 39.8 Å². The third-order valence-corrected chi connectivity index (χ3v) is 3.89. The van der Waals surface area contributed by atoms with E-state index in [1.54, 1.807) is 0 Å². The average molecular weight is 240 g/mol. The van der Waals surface area contributed by atoms with Gasteiger partial charge in [0.15, 0.2) is 0 Å². The largest absolute Gasteiger partial charge is 0.351 e. The molecule has 0 aromatic rings. The summed E-state index contributed by atoms with van der Waals surface area (Å²) in [5.74, 6) is 1.02. The van der Waals surface area contributed by atoms with Gasteiger partial charge in [-0.15, -0.1) is 0 Å². The third-order valence-electron chi connectivity index (χ3n) is 3.89. The van der Waals surface area contributed by atoms with Crippen LogP contribution in [0.15, 0.2) is 48.6 Å². The van der Waals surface area contributed by atoms with Crippen LogP contribution in [0, 0.1) is 0 Å². The summed E-state index contributed by atoms with van der Waals surface area (Å²) in [6.07, 6.45) is 17.9. The second-order valence-corrected chi connectivity index (χ2v) is 5.60. The number of rotatable bonds is 5. The van der Waals surface area contributed by atoms with Gasteiger partial charge in [0.1, 0.15) is 0 Å². The molecule has 2 rings (SSSR count). The summed E-state index contributed by atoms with van der Waals surface area (Å²) in [7, 11) is 8.74. The van der Waals surface area contributed by atoms with Gasteiger partial charge < -0.3 is 9.62 Å². The molecule has 0 bridgehead atoms. The van der Waals surface area contributed by atoms with Crippen molar-refractivity contribution in [3.63, 3.8) is 0 Å². The van der Waals surface area contributed by atoms with E-state index in [0.29, 0.717) is 25.1 Å². The molecule has 2 aliphatic carbocycles. The van der Waals surface area contributed by atoms with Crippen molar-refractivity contribution in [3.8, 4) is 0 Å². The summed E-state index contributed by atoms with van der Waals surface area (Å²) in [6, 6.07) is 0. The van der Waals surface area contributed by atoms with E-state index >= 15 is 0 Å². The molecule has 94 valence electrons. The molecule has 0 atom stereocenters. The topological polar surface area (TPSA) is 6.48 Å². The summed E-state index contributed by atoms with van der Waals surface area (Å²) in [4.78, 5) is 4.71. The lowest BCUT2D eigenvalue weighted by Gasteiger charge is -2.36. The first-order chi connectivity index (χ1) is 8.61. The van der Waals surface area contributed by atoms with Crippen LogP contribution in [0.3, 0.4) is 0 Å². The summed E-state index contributed by atoms with van der Waals surface area (Å²) < 4.78 is 0. The lowest BCUT2D eigenvalue weighted by atomic mass is 9.12. The van der Waals surface area contributed by atoms with Gasteiger partial charge in [-0.2, -0.15) is 0 Å². The summed E-state index contributed by atoms with van der Waals surface area (Å²) in [6.45, 7) is 0.986. The van der Waals surface area contributed by atoms with Gasteiger partial charge >= 0.3 is 0 Å². The Balaban J connectivity index is 2.25. The lowest BCUT2D eigenvalue weighted by Crippen LogP contribution is -2.58. The molecule has 0 amide bonds. The van der Waals surface area contributed by atoms with Crippen molar-refractivity contribution in [1.82, 2.24) is 9.62 Å². The number of nitrogens with zero attached hydrogens (tertiary/aromatic N) is 2. The second kappa shape index (κ2) is 5.77. The Kier molecular flexibility index (Phi) is 4.31. The minimum Gasteiger partial charge on any atom is -0.351 e. The fourth-order valence-corrected chi connectivity index (χ4v) is 3.11. The molecule has 4 heteroatoms. The van der Waals surface area contributed by atoms with Gasteiger partial charge in [0.2, 0.25) is 13.5 Å².